The molecule has 2 aliphatic heterocycles. The first-order chi connectivity index (χ1) is 37.0. The molecule has 77 heavy (non-hydrogen) atoms. The molecule has 4 fully saturated rings. The lowest BCUT2D eigenvalue weighted by Crippen LogP contribution is -2.38. The number of thiazole rings is 1. The molecule has 2 saturated heterocycles. The van der Waals surface area contributed by atoms with Crippen molar-refractivity contribution >= 4 is 49.9 Å². The molecular weight excluding hydrogens is 1020 g/mol. The Morgan fingerprint density at radius 2 is 1.01 bits per heavy atom. The maximum atomic E-state index is 14.4. The lowest BCUT2D eigenvalue weighted by Gasteiger charge is -2.35. The maximum absolute atomic E-state index is 14.4. The third-order valence-corrected chi connectivity index (χ3v) is 17.5. The van der Waals surface area contributed by atoms with Crippen LogP contribution in [0.4, 0.5) is 51.6 Å². The van der Waals surface area contributed by atoms with Gasteiger partial charge in [0.2, 0.25) is 0 Å². The number of piperidine rings is 2. The second kappa shape index (κ2) is 18.4. The van der Waals surface area contributed by atoms with Gasteiger partial charge in [0.05, 0.1) is 57.2 Å². The highest BCUT2D eigenvalue weighted by Crippen LogP contribution is 2.73. The van der Waals surface area contributed by atoms with Gasteiger partial charge in [-0.3, -0.25) is 0 Å². The Morgan fingerprint density at radius 1 is 0.558 bits per heavy atom. The van der Waals surface area contributed by atoms with E-state index in [4.69, 9.17) is 18.1 Å². The Bertz CT molecular complexity index is 3800. The fourth-order valence-electron chi connectivity index (χ4n) is 12.6. The van der Waals surface area contributed by atoms with Crippen LogP contribution in [0, 0.1) is 35.6 Å². The summed E-state index contributed by atoms with van der Waals surface area (Å²) in [4.78, 5) is 29.4. The molecule has 18 heteroatoms. The highest BCUT2D eigenvalue weighted by molar-refractivity contribution is 7.13. The maximum Gasteiger partial charge on any atom is 0.419 e. The molecule has 3 N–H and O–H groups in total. The minimum absolute atomic E-state index is 0.0664. The van der Waals surface area contributed by atoms with Crippen LogP contribution in [0.2, 0.25) is 0 Å². The molecule has 3 aromatic heterocycles. The van der Waals surface area contributed by atoms with E-state index >= 15 is 0 Å². The van der Waals surface area contributed by atoms with Gasteiger partial charge in [0, 0.05) is 36.8 Å². The van der Waals surface area contributed by atoms with Gasteiger partial charge in [-0.1, -0.05) is 84.9 Å². The molecule has 388 valence electrons. The minimum Gasteiger partial charge on any atom is -0.348 e. The van der Waals surface area contributed by atoms with Gasteiger partial charge in [-0.2, -0.15) is 26.3 Å². The summed E-state index contributed by atoms with van der Waals surface area (Å²) in [5, 5.41) is 6.33. The number of aromatic nitrogens is 5. The molecular formula is C59H45F8N9S. The van der Waals surface area contributed by atoms with Crippen molar-refractivity contribution in [3.63, 3.8) is 0 Å². The molecule has 0 radical (unpaired) electrons. The van der Waals surface area contributed by atoms with Crippen LogP contribution in [-0.2, 0) is 23.2 Å². The van der Waals surface area contributed by atoms with Crippen molar-refractivity contribution in [2.45, 2.75) is 61.7 Å². The fourth-order valence-corrected chi connectivity index (χ4v) is 13.3. The van der Waals surface area contributed by atoms with E-state index in [-0.39, 0.29) is 32.9 Å². The molecule has 13 rings (SSSR count). The molecule has 9 nitrogen and oxygen atoms in total. The normalized spacial score (nSPS) is 20.4. The number of nitrogens with zero attached hydrogens (tertiary/aromatic N) is 6. The molecule has 6 aromatic carbocycles. The van der Waals surface area contributed by atoms with Crippen molar-refractivity contribution in [2.24, 2.45) is 10.8 Å². The van der Waals surface area contributed by atoms with E-state index in [1.165, 1.54) is 0 Å². The Hall–Kier alpha value is -7.93. The summed E-state index contributed by atoms with van der Waals surface area (Å²) in [5.41, 5.74) is 3.86. The number of anilines is 1. The molecule has 9 aromatic rings. The first-order valence-corrected chi connectivity index (χ1v) is 25.9. The summed E-state index contributed by atoms with van der Waals surface area (Å²) >= 11 is 1.60. The smallest absolute Gasteiger partial charge is 0.348 e. The van der Waals surface area contributed by atoms with E-state index in [9.17, 15) is 35.1 Å². The van der Waals surface area contributed by atoms with Gasteiger partial charge in [0.15, 0.2) is 16.5 Å². The van der Waals surface area contributed by atoms with E-state index in [2.05, 4.69) is 52.0 Å². The van der Waals surface area contributed by atoms with E-state index in [1.54, 1.807) is 29.7 Å². The fraction of sp³-hybridized carbons (Fsp3) is 0.271. The molecule has 0 bridgehead atoms. The van der Waals surface area contributed by atoms with Crippen LogP contribution in [0.3, 0.4) is 0 Å². The summed E-state index contributed by atoms with van der Waals surface area (Å²) in [6, 6.07) is 34.5. The van der Waals surface area contributed by atoms with Gasteiger partial charge in [-0.05, 0) is 120 Å². The number of imidazole rings is 2. The van der Waals surface area contributed by atoms with Crippen LogP contribution in [0.1, 0.15) is 72.4 Å². The van der Waals surface area contributed by atoms with Crippen molar-refractivity contribution in [1.29, 1.82) is 0 Å². The largest absolute Gasteiger partial charge is 0.419 e. The SMILES string of the molecule is [C-]#[N+]c1cccc(-c2ccc(C3(c4nc5cc(F)c(C(F)(F)F)cc5[nH]4)CC34CCN(c3nccs3)CC4)cc2)c1.[C-]#[N+]c1cccc(-c2ccc(C3(c4nc5cc(F)c(C(F)(F)F)cc5[nH]4)CC34CCNCC4)cc2)c1. The number of halogens is 8. The molecule has 2 atom stereocenters. The molecule has 5 heterocycles. The lowest BCUT2D eigenvalue weighted by atomic mass is 9.79. The number of rotatable bonds is 7. The Balaban J connectivity index is 0.000000156. The summed E-state index contributed by atoms with van der Waals surface area (Å²) in [5.74, 6) is -1.50. The van der Waals surface area contributed by atoms with E-state index < -0.39 is 45.9 Å². The van der Waals surface area contributed by atoms with E-state index in [1.807, 2.05) is 78.2 Å². The average Bonchev–Trinajstić information content (AvgIpc) is 4.08. The number of alkyl halides is 6. The van der Waals surface area contributed by atoms with Crippen LogP contribution in [0.25, 0.3) is 54.0 Å². The summed E-state index contributed by atoms with van der Waals surface area (Å²) in [6.45, 7) is 17.9. The van der Waals surface area contributed by atoms with Gasteiger partial charge in [-0.15, -0.1) is 11.3 Å². The molecule has 2 saturated carbocycles. The summed E-state index contributed by atoms with van der Waals surface area (Å²) < 4.78 is 109. The molecule has 4 aliphatic rings. The van der Waals surface area contributed by atoms with Gasteiger partial charge >= 0.3 is 12.4 Å². The number of aromatic amines is 2. The van der Waals surface area contributed by atoms with E-state index in [0.717, 1.165) is 127 Å². The van der Waals surface area contributed by atoms with Crippen LogP contribution in [0.15, 0.2) is 133 Å². The van der Waals surface area contributed by atoms with E-state index in [0.29, 0.717) is 23.0 Å². The summed E-state index contributed by atoms with van der Waals surface area (Å²) in [6.07, 6.45) is -2.62. The van der Waals surface area contributed by atoms with Gasteiger partial charge in [-0.25, -0.2) is 33.4 Å². The summed E-state index contributed by atoms with van der Waals surface area (Å²) in [7, 11) is 0. The van der Waals surface area contributed by atoms with Crippen LogP contribution in [0.5, 0.6) is 0 Å². The zero-order valence-corrected chi connectivity index (χ0v) is 41.7. The predicted molar refractivity (Wildman–Crippen MR) is 280 cm³/mol. The van der Waals surface area contributed by atoms with Crippen molar-refractivity contribution in [3.05, 3.63) is 201 Å². The second-order valence-corrected chi connectivity index (χ2v) is 21.5. The third-order valence-electron chi connectivity index (χ3n) is 16.7. The zero-order chi connectivity index (χ0) is 53.5. The van der Waals surface area contributed by atoms with Crippen molar-refractivity contribution in [1.82, 2.24) is 30.2 Å². The molecule has 0 amide bonds. The highest BCUT2D eigenvalue weighted by Gasteiger charge is 2.71. The predicted octanol–water partition coefficient (Wildman–Crippen LogP) is 15.4. The van der Waals surface area contributed by atoms with Crippen LogP contribution in [-0.4, -0.2) is 51.1 Å². The van der Waals surface area contributed by atoms with Crippen LogP contribution >= 0.6 is 11.3 Å². The number of hydrogen-bond acceptors (Lipinski definition) is 6. The van der Waals surface area contributed by atoms with Crippen molar-refractivity contribution in [2.75, 3.05) is 31.1 Å². The minimum atomic E-state index is -4.80. The number of fused-ring (bicyclic) bond motifs is 2. The van der Waals surface area contributed by atoms with Crippen LogP contribution < -0.4 is 10.2 Å². The standard InChI is InChI=1S/C31H23F4N5S.C28H22F4N4/c1-36-22-4-2-3-20(15-22)19-5-7-21(8-6-19)30(18-29(30)9-12-40(13-10-29)28-37-11-14-41-28)27-38-25-16-23(31(33,34)35)24(32)17-26(25)39-27;1-33-20-4-2-3-18(13-20)17-5-7-19(8-6-17)27(16-26(27)9-11-34-12-10-26)25-35-23-14-21(28(30,31)32)22(29)15-24(23)36-25/h2-8,11,14-17H,9-10,12-13,18H2,(H,38,39);2-8,13-15,34H,9-12,16H2,(H,35,36). The van der Waals surface area contributed by atoms with Crippen molar-refractivity contribution in [3.8, 4) is 22.3 Å². The number of nitrogens with one attached hydrogen (secondary N) is 3. The first kappa shape index (κ1) is 49.9. The Morgan fingerprint density at radius 3 is 1.43 bits per heavy atom. The van der Waals surface area contributed by atoms with Gasteiger partial charge in [0.1, 0.15) is 23.3 Å². The lowest BCUT2D eigenvalue weighted by molar-refractivity contribution is -0.140. The molecule has 2 aliphatic carbocycles. The zero-order valence-electron chi connectivity index (χ0n) is 40.9. The third kappa shape index (κ3) is 8.49. The highest BCUT2D eigenvalue weighted by atomic mass is 32.1. The number of H-pyrrole nitrogens is 2. The monoisotopic (exact) mass is 1060 g/mol. The number of hydrogen-bond donors (Lipinski definition) is 3. The van der Waals surface area contributed by atoms with Crippen molar-refractivity contribution < 1.29 is 35.1 Å². The van der Waals surface area contributed by atoms with Gasteiger partial charge < -0.3 is 20.2 Å². The Labute approximate surface area is 440 Å². The Kier molecular flexibility index (Phi) is 11.9. The number of benzene rings is 6. The molecule has 2 unspecified atom stereocenters. The average molecular weight is 1060 g/mol. The second-order valence-electron chi connectivity index (χ2n) is 20.6. The first-order valence-electron chi connectivity index (χ1n) is 25.0. The topological polar surface area (TPSA) is 94.2 Å². The quantitative estimate of drug-likeness (QED) is 0.109. The molecule has 2 spiro atoms. The van der Waals surface area contributed by atoms with Gasteiger partial charge in [0.25, 0.3) is 0 Å².